The molecule has 0 fully saturated rings. The molecule has 0 unspecified atom stereocenters. The van der Waals surface area contributed by atoms with E-state index in [4.69, 9.17) is 0 Å². The first kappa shape index (κ1) is 8.84. The minimum Gasteiger partial charge on any atom is -0.264 e. The maximum atomic E-state index is 4.43. The van der Waals surface area contributed by atoms with Crippen LogP contribution in [0, 0.1) is 0 Å². The number of nitrogens with zero attached hydrogens (tertiary/aromatic N) is 2. The molecule has 0 atom stereocenters. The lowest BCUT2D eigenvalue weighted by atomic mass is 10.2. The minimum atomic E-state index is 0.817. The SMILES string of the molecule is BrCc1nc(-c2cccnc2)cs1. The van der Waals surface area contributed by atoms with Crippen LogP contribution in [0.15, 0.2) is 29.9 Å². The van der Waals surface area contributed by atoms with Crippen LogP contribution in [0.3, 0.4) is 0 Å². The summed E-state index contributed by atoms with van der Waals surface area (Å²) >= 11 is 5.03. The van der Waals surface area contributed by atoms with Crippen LogP contribution in [-0.2, 0) is 5.33 Å². The summed E-state index contributed by atoms with van der Waals surface area (Å²) in [6.45, 7) is 0. The first-order chi connectivity index (χ1) is 6.40. The molecule has 0 N–H and O–H groups in total. The summed E-state index contributed by atoms with van der Waals surface area (Å²) < 4.78 is 0. The lowest BCUT2D eigenvalue weighted by Crippen LogP contribution is -1.79. The summed E-state index contributed by atoms with van der Waals surface area (Å²) in [5, 5.41) is 3.96. The Hall–Kier alpha value is -0.740. The van der Waals surface area contributed by atoms with Gasteiger partial charge in [0.25, 0.3) is 0 Å². The predicted molar refractivity (Wildman–Crippen MR) is 58.0 cm³/mol. The molecular weight excluding hydrogens is 248 g/mol. The van der Waals surface area contributed by atoms with Crippen molar-refractivity contribution in [2.45, 2.75) is 5.33 Å². The normalized spacial score (nSPS) is 10.2. The third-order valence-corrected chi connectivity index (χ3v) is 3.37. The summed E-state index contributed by atoms with van der Waals surface area (Å²) in [5.74, 6) is 0. The van der Waals surface area contributed by atoms with Gasteiger partial charge in [-0.1, -0.05) is 15.9 Å². The fourth-order valence-electron chi connectivity index (χ4n) is 1.02. The maximum absolute atomic E-state index is 4.43. The molecule has 4 heteroatoms. The zero-order valence-electron chi connectivity index (χ0n) is 6.77. The van der Waals surface area contributed by atoms with E-state index in [-0.39, 0.29) is 0 Å². The molecule has 0 aromatic carbocycles. The van der Waals surface area contributed by atoms with Crippen molar-refractivity contribution in [2.24, 2.45) is 0 Å². The molecule has 0 spiro atoms. The van der Waals surface area contributed by atoms with Crippen LogP contribution in [0.1, 0.15) is 5.01 Å². The van der Waals surface area contributed by atoms with Gasteiger partial charge in [-0.2, -0.15) is 0 Å². The average molecular weight is 255 g/mol. The molecular formula is C9H7BrN2S. The number of thiazole rings is 1. The number of halogens is 1. The lowest BCUT2D eigenvalue weighted by Gasteiger charge is -1.92. The molecule has 66 valence electrons. The topological polar surface area (TPSA) is 25.8 Å². The molecule has 0 aliphatic heterocycles. The standard InChI is InChI=1S/C9H7BrN2S/c10-4-9-12-8(6-13-9)7-2-1-3-11-5-7/h1-3,5-6H,4H2. The van der Waals surface area contributed by atoms with Crippen molar-refractivity contribution in [3.8, 4) is 11.3 Å². The van der Waals surface area contributed by atoms with Crippen LogP contribution in [0.4, 0.5) is 0 Å². The van der Waals surface area contributed by atoms with Crippen LogP contribution < -0.4 is 0 Å². The monoisotopic (exact) mass is 254 g/mol. The molecule has 0 radical (unpaired) electrons. The Kier molecular flexibility index (Phi) is 2.71. The van der Waals surface area contributed by atoms with E-state index < -0.39 is 0 Å². The van der Waals surface area contributed by atoms with E-state index in [0.717, 1.165) is 21.6 Å². The van der Waals surface area contributed by atoms with E-state index in [9.17, 15) is 0 Å². The number of alkyl halides is 1. The molecule has 2 aromatic heterocycles. The van der Waals surface area contributed by atoms with Crippen LogP contribution in [0.2, 0.25) is 0 Å². The van der Waals surface area contributed by atoms with Crippen LogP contribution in [-0.4, -0.2) is 9.97 Å². The smallest absolute Gasteiger partial charge is 0.104 e. The first-order valence-electron chi connectivity index (χ1n) is 3.81. The van der Waals surface area contributed by atoms with E-state index >= 15 is 0 Å². The summed E-state index contributed by atoms with van der Waals surface area (Å²) in [7, 11) is 0. The van der Waals surface area contributed by atoms with E-state index in [2.05, 4.69) is 25.9 Å². The average Bonchev–Trinajstić information content (AvgIpc) is 2.67. The van der Waals surface area contributed by atoms with Gasteiger partial charge in [-0.25, -0.2) is 4.98 Å². The van der Waals surface area contributed by atoms with Crippen molar-refractivity contribution in [1.82, 2.24) is 9.97 Å². The highest BCUT2D eigenvalue weighted by molar-refractivity contribution is 9.08. The Labute approximate surface area is 88.8 Å². The van der Waals surface area contributed by atoms with Gasteiger partial charge in [0, 0.05) is 23.3 Å². The zero-order chi connectivity index (χ0) is 9.10. The number of hydrogen-bond donors (Lipinski definition) is 0. The van der Waals surface area contributed by atoms with Crippen molar-refractivity contribution in [3.63, 3.8) is 0 Å². The third kappa shape index (κ3) is 1.95. The zero-order valence-corrected chi connectivity index (χ0v) is 9.18. The second kappa shape index (κ2) is 3.98. The number of aromatic nitrogens is 2. The Morgan fingerprint density at radius 3 is 3.00 bits per heavy atom. The predicted octanol–water partition coefficient (Wildman–Crippen LogP) is 3.10. The van der Waals surface area contributed by atoms with Gasteiger partial charge in [0.2, 0.25) is 0 Å². The summed E-state index contributed by atoms with van der Waals surface area (Å²) in [6, 6.07) is 3.93. The van der Waals surface area contributed by atoms with Crippen molar-refractivity contribution >= 4 is 27.3 Å². The maximum Gasteiger partial charge on any atom is 0.104 e. The summed E-state index contributed by atoms with van der Waals surface area (Å²) in [5.41, 5.74) is 2.08. The highest BCUT2D eigenvalue weighted by atomic mass is 79.9. The highest BCUT2D eigenvalue weighted by Gasteiger charge is 2.02. The quantitative estimate of drug-likeness (QED) is 0.770. The minimum absolute atomic E-state index is 0.817. The van der Waals surface area contributed by atoms with Crippen molar-refractivity contribution in [1.29, 1.82) is 0 Å². The number of rotatable bonds is 2. The van der Waals surface area contributed by atoms with Gasteiger partial charge in [0.15, 0.2) is 0 Å². The largest absolute Gasteiger partial charge is 0.264 e. The van der Waals surface area contributed by atoms with Crippen molar-refractivity contribution in [2.75, 3.05) is 0 Å². The molecule has 0 aliphatic rings. The molecule has 13 heavy (non-hydrogen) atoms. The van der Waals surface area contributed by atoms with Gasteiger partial charge in [-0.05, 0) is 12.1 Å². The van der Waals surface area contributed by atoms with Gasteiger partial charge in [-0.15, -0.1) is 11.3 Å². The summed E-state index contributed by atoms with van der Waals surface area (Å²) in [6.07, 6.45) is 3.59. The number of hydrogen-bond acceptors (Lipinski definition) is 3. The van der Waals surface area contributed by atoms with E-state index in [1.807, 2.05) is 23.7 Å². The van der Waals surface area contributed by atoms with E-state index in [1.165, 1.54) is 0 Å². The van der Waals surface area contributed by atoms with Gasteiger partial charge in [0.1, 0.15) is 5.01 Å². The van der Waals surface area contributed by atoms with Crippen molar-refractivity contribution in [3.05, 3.63) is 34.9 Å². The molecule has 0 amide bonds. The lowest BCUT2D eigenvalue weighted by molar-refractivity contribution is 1.26. The van der Waals surface area contributed by atoms with Gasteiger partial charge in [0.05, 0.1) is 11.0 Å². The second-order valence-electron chi connectivity index (χ2n) is 2.50. The molecule has 2 rings (SSSR count). The molecule has 0 saturated carbocycles. The molecule has 0 saturated heterocycles. The fourth-order valence-corrected chi connectivity index (χ4v) is 2.19. The highest BCUT2D eigenvalue weighted by Crippen LogP contribution is 2.21. The van der Waals surface area contributed by atoms with Gasteiger partial charge >= 0.3 is 0 Å². The number of pyridine rings is 1. The van der Waals surface area contributed by atoms with Gasteiger partial charge in [-0.3, -0.25) is 4.98 Å². The Bertz CT molecular complexity index is 386. The summed E-state index contributed by atoms with van der Waals surface area (Å²) in [4.78, 5) is 8.48. The third-order valence-electron chi connectivity index (χ3n) is 1.62. The van der Waals surface area contributed by atoms with Crippen LogP contribution in [0.25, 0.3) is 11.3 Å². The van der Waals surface area contributed by atoms with E-state index in [1.54, 1.807) is 17.5 Å². The molecule has 0 aliphatic carbocycles. The van der Waals surface area contributed by atoms with Crippen LogP contribution in [0.5, 0.6) is 0 Å². The van der Waals surface area contributed by atoms with Gasteiger partial charge < -0.3 is 0 Å². The van der Waals surface area contributed by atoms with Crippen LogP contribution >= 0.6 is 27.3 Å². The molecule has 2 aromatic rings. The molecule has 2 nitrogen and oxygen atoms in total. The van der Waals surface area contributed by atoms with E-state index in [0.29, 0.717) is 0 Å². The molecule has 2 heterocycles. The molecule has 0 bridgehead atoms. The van der Waals surface area contributed by atoms with Crippen molar-refractivity contribution < 1.29 is 0 Å². The second-order valence-corrected chi connectivity index (χ2v) is 4.01. The Balaban J connectivity index is 2.36. The Morgan fingerprint density at radius 2 is 2.38 bits per heavy atom. The fraction of sp³-hybridized carbons (Fsp3) is 0.111. The Morgan fingerprint density at radius 1 is 1.46 bits per heavy atom. The first-order valence-corrected chi connectivity index (χ1v) is 5.81.